The highest BCUT2D eigenvalue weighted by molar-refractivity contribution is 8.07. The van der Waals surface area contributed by atoms with Gasteiger partial charge < -0.3 is 28.4 Å². The summed E-state index contributed by atoms with van der Waals surface area (Å²) in [5.41, 5.74) is 8.23. The number of ether oxygens (including phenoxy) is 1. The molecule has 3 aromatic rings. The molecular weight excluding hydrogens is 646 g/mol. The second kappa shape index (κ2) is 12.5. The summed E-state index contributed by atoms with van der Waals surface area (Å²) in [4.78, 5) is 13.2. The van der Waals surface area contributed by atoms with Crippen LogP contribution in [0.25, 0.3) is 11.2 Å². The molecule has 2 N–H and O–H groups in total. The predicted molar refractivity (Wildman–Crippen MR) is 184 cm³/mol. The Morgan fingerprint density at radius 1 is 0.956 bits per heavy atom. The molecule has 0 aliphatic carbocycles. The first kappa shape index (κ1) is 34.7. The lowest BCUT2D eigenvalue weighted by molar-refractivity contribution is -0.0468. The fraction of sp³-hybridized carbons (Fsp3) is 0.633. The molecule has 4 heterocycles. The quantitative estimate of drug-likeness (QED) is 0.182. The van der Waals surface area contributed by atoms with Crippen LogP contribution in [0, 0.1) is 0 Å². The fourth-order valence-corrected chi connectivity index (χ4v) is 9.48. The van der Waals surface area contributed by atoms with Gasteiger partial charge in [-0.1, -0.05) is 71.9 Å². The molecule has 2 aliphatic heterocycles. The van der Waals surface area contributed by atoms with Crippen molar-refractivity contribution < 1.29 is 27.2 Å². The number of anilines is 1. The van der Waals surface area contributed by atoms with Crippen LogP contribution in [0.1, 0.15) is 59.4 Å². The van der Waals surface area contributed by atoms with Gasteiger partial charge in [-0.05, 0) is 53.6 Å². The van der Waals surface area contributed by atoms with Crippen molar-refractivity contribution in [3.63, 3.8) is 0 Å². The molecule has 248 valence electrons. The van der Waals surface area contributed by atoms with Crippen LogP contribution in [0.4, 0.5) is 5.82 Å². The van der Waals surface area contributed by atoms with Crippen molar-refractivity contribution in [1.29, 1.82) is 0 Å². The van der Waals surface area contributed by atoms with Crippen LogP contribution in [-0.4, -0.2) is 67.7 Å². The second-order valence-corrected chi connectivity index (χ2v) is 27.4. The summed E-state index contributed by atoms with van der Waals surface area (Å²) in [5, 5.41) is -0.125. The smallest absolute Gasteiger partial charge is 0.328 e. The third-order valence-corrected chi connectivity index (χ3v) is 20.9. The number of fused-ring (bicyclic) bond motifs is 1. The molecule has 0 saturated carbocycles. The summed E-state index contributed by atoms with van der Waals surface area (Å²) in [6.07, 6.45) is 0.694. The molecule has 5 rings (SSSR count). The maximum atomic E-state index is 7.20. The van der Waals surface area contributed by atoms with Crippen molar-refractivity contribution in [1.82, 2.24) is 19.5 Å². The standard InChI is InChI=1S/C30H48N5O6PSSi2/c1-29(2,3)44(7,8)40-24-22(17-37-42(43)36-16-21(39-42)20-14-12-11-13-15-20)38-28(25(24)41-45(9,10)30(4,5)6)35-19-34-23-26(31)32-18-33-27(23)35/h11-15,18-19,21-22,24-25,28H,16-17H2,1-10H3,(H2,31,32,33)/t21?,22-,24-,25-,28-,42?/m1/s1. The monoisotopic (exact) mass is 693 g/mol. The molecule has 2 saturated heterocycles. The van der Waals surface area contributed by atoms with Crippen LogP contribution in [0.15, 0.2) is 43.0 Å². The van der Waals surface area contributed by atoms with E-state index in [-0.39, 0.29) is 22.8 Å². The normalized spacial score (nSPS) is 28.3. The highest BCUT2D eigenvalue weighted by Gasteiger charge is 2.55. The number of hydrogen-bond acceptors (Lipinski definition) is 11. The van der Waals surface area contributed by atoms with Crippen molar-refractivity contribution in [3.05, 3.63) is 48.5 Å². The molecule has 1 aromatic carbocycles. The van der Waals surface area contributed by atoms with E-state index >= 15 is 0 Å². The minimum Gasteiger partial charge on any atom is -0.408 e. The van der Waals surface area contributed by atoms with E-state index in [0.717, 1.165) is 5.56 Å². The lowest BCUT2D eigenvalue weighted by Crippen LogP contribution is -2.54. The number of nitrogen functional groups attached to an aromatic ring is 1. The zero-order chi connectivity index (χ0) is 33.0. The number of benzene rings is 1. The molecule has 0 bridgehead atoms. The fourth-order valence-electron chi connectivity index (χ4n) is 4.86. The SMILES string of the molecule is CC(C)(C)[Si](C)(C)O[C@@H]1[C@H](O[Si](C)(C)C(C)(C)C)[C@@H](COP2(=S)OCC(c3ccccc3)O2)O[C@H]1n1cnc2c(N)ncnc21. The Bertz CT molecular complexity index is 1550. The molecule has 0 radical (unpaired) electrons. The van der Waals surface area contributed by atoms with E-state index in [2.05, 4.69) is 82.7 Å². The summed E-state index contributed by atoms with van der Waals surface area (Å²) >= 11 is 5.83. The van der Waals surface area contributed by atoms with Gasteiger partial charge in [-0.2, -0.15) is 0 Å². The average molecular weight is 694 g/mol. The molecule has 45 heavy (non-hydrogen) atoms. The van der Waals surface area contributed by atoms with Crippen LogP contribution in [0.2, 0.25) is 36.3 Å². The number of rotatable bonds is 9. The summed E-state index contributed by atoms with van der Waals surface area (Å²) in [6.45, 7) is 19.6. The first-order valence-corrected chi connectivity index (χ1v) is 23.8. The van der Waals surface area contributed by atoms with Gasteiger partial charge in [-0.15, -0.1) is 0 Å². The lowest BCUT2D eigenvalue weighted by Gasteiger charge is -2.44. The van der Waals surface area contributed by atoms with Crippen LogP contribution < -0.4 is 5.73 Å². The number of hydrogen-bond donors (Lipinski definition) is 1. The van der Waals surface area contributed by atoms with Gasteiger partial charge in [0, 0.05) is 0 Å². The molecule has 11 nitrogen and oxygen atoms in total. The van der Waals surface area contributed by atoms with Crippen molar-refractivity contribution in [2.45, 2.75) is 108 Å². The minimum atomic E-state index is -3.05. The molecule has 15 heteroatoms. The molecular formula is C30H48N5O6PSSi2. The molecule has 2 aliphatic rings. The van der Waals surface area contributed by atoms with Crippen molar-refractivity contribution in [2.75, 3.05) is 18.9 Å². The van der Waals surface area contributed by atoms with Gasteiger partial charge >= 0.3 is 6.72 Å². The van der Waals surface area contributed by atoms with Crippen LogP contribution >= 0.6 is 6.72 Å². The minimum absolute atomic E-state index is 0.0613. The van der Waals surface area contributed by atoms with Crippen molar-refractivity contribution in [2.24, 2.45) is 0 Å². The molecule has 2 unspecified atom stereocenters. The number of aromatic nitrogens is 4. The second-order valence-electron chi connectivity index (χ2n) is 14.9. The maximum Gasteiger partial charge on any atom is 0.328 e. The van der Waals surface area contributed by atoms with E-state index < -0.39 is 47.9 Å². The van der Waals surface area contributed by atoms with Gasteiger partial charge in [-0.25, -0.2) is 15.0 Å². The molecule has 2 aromatic heterocycles. The number of nitrogens with zero attached hydrogens (tertiary/aromatic N) is 4. The first-order chi connectivity index (χ1) is 20.8. The Kier molecular flexibility index (Phi) is 9.62. The van der Waals surface area contributed by atoms with E-state index in [1.165, 1.54) is 6.33 Å². The number of imidazole rings is 1. The van der Waals surface area contributed by atoms with Gasteiger partial charge in [0.2, 0.25) is 0 Å². The van der Waals surface area contributed by atoms with Crippen molar-refractivity contribution >= 4 is 52.1 Å². The highest BCUT2D eigenvalue weighted by Crippen LogP contribution is 2.59. The zero-order valence-corrected chi connectivity index (χ0v) is 31.7. The van der Waals surface area contributed by atoms with Gasteiger partial charge in [0.25, 0.3) is 0 Å². The third kappa shape index (κ3) is 7.15. The average Bonchev–Trinajstić information content (AvgIpc) is 3.63. The van der Waals surface area contributed by atoms with Gasteiger partial charge in [0.05, 0.1) is 19.5 Å². The number of nitrogens with two attached hydrogens (primary N) is 1. The summed E-state index contributed by atoms with van der Waals surface area (Å²) in [6, 6.07) is 9.91. The Balaban J connectivity index is 1.51. The zero-order valence-electron chi connectivity index (χ0n) is 28.0. The van der Waals surface area contributed by atoms with E-state index in [1.807, 2.05) is 34.9 Å². The summed E-state index contributed by atoms with van der Waals surface area (Å²) < 4.78 is 41.7. The van der Waals surface area contributed by atoms with Crippen LogP contribution in [0.5, 0.6) is 0 Å². The lowest BCUT2D eigenvalue weighted by atomic mass is 10.1. The summed E-state index contributed by atoms with van der Waals surface area (Å²) in [7, 11) is -4.68. The largest absolute Gasteiger partial charge is 0.408 e. The maximum absolute atomic E-state index is 7.20. The Labute approximate surface area is 274 Å². The van der Waals surface area contributed by atoms with Gasteiger partial charge in [0.1, 0.15) is 36.3 Å². The van der Waals surface area contributed by atoms with Crippen molar-refractivity contribution in [3.8, 4) is 0 Å². The summed E-state index contributed by atoms with van der Waals surface area (Å²) in [5.74, 6) is 0.300. The van der Waals surface area contributed by atoms with Gasteiger partial charge in [0.15, 0.2) is 34.3 Å². The molecule has 6 atom stereocenters. The van der Waals surface area contributed by atoms with Crippen LogP contribution in [-0.2, 0) is 39.0 Å². The Morgan fingerprint density at radius 3 is 2.20 bits per heavy atom. The van der Waals surface area contributed by atoms with Gasteiger partial charge in [-0.3, -0.25) is 9.09 Å². The molecule has 0 spiro atoms. The molecule has 0 amide bonds. The molecule has 2 fully saturated rings. The van der Waals surface area contributed by atoms with E-state index in [9.17, 15) is 0 Å². The Hall–Kier alpha value is -1.59. The van der Waals surface area contributed by atoms with E-state index in [4.69, 9.17) is 44.7 Å². The third-order valence-electron chi connectivity index (χ3n) is 9.63. The Morgan fingerprint density at radius 2 is 1.58 bits per heavy atom. The van der Waals surface area contributed by atoms with E-state index in [1.54, 1.807) is 6.33 Å². The topological polar surface area (TPSA) is 125 Å². The highest BCUT2D eigenvalue weighted by atomic mass is 32.5. The van der Waals surface area contributed by atoms with E-state index in [0.29, 0.717) is 23.6 Å². The van der Waals surface area contributed by atoms with Crippen LogP contribution in [0.3, 0.4) is 0 Å². The first-order valence-electron chi connectivity index (χ1n) is 15.4. The predicted octanol–water partition coefficient (Wildman–Crippen LogP) is 7.12.